The lowest BCUT2D eigenvalue weighted by atomic mass is 9.84. The van der Waals surface area contributed by atoms with E-state index in [0.717, 1.165) is 25.2 Å². The van der Waals surface area contributed by atoms with Crippen LogP contribution >= 0.6 is 0 Å². The molecule has 0 bridgehead atoms. The molecule has 2 unspecified atom stereocenters. The van der Waals surface area contributed by atoms with Crippen LogP contribution in [0.25, 0.3) is 0 Å². The largest absolute Gasteiger partial charge is 0.381 e. The minimum absolute atomic E-state index is 0.166. The van der Waals surface area contributed by atoms with Gasteiger partial charge in [-0.2, -0.15) is 0 Å². The van der Waals surface area contributed by atoms with E-state index in [1.165, 1.54) is 37.8 Å². The lowest BCUT2D eigenvalue weighted by Crippen LogP contribution is -2.24. The summed E-state index contributed by atoms with van der Waals surface area (Å²) >= 11 is 0. The third-order valence-corrected chi connectivity index (χ3v) is 4.07. The van der Waals surface area contributed by atoms with E-state index in [0.29, 0.717) is 11.8 Å². The molecule has 1 heterocycles. The van der Waals surface area contributed by atoms with E-state index in [1.54, 1.807) is 0 Å². The van der Waals surface area contributed by atoms with Crippen LogP contribution in [0.1, 0.15) is 38.2 Å². The Morgan fingerprint density at radius 1 is 1.35 bits per heavy atom. The molecular formula is C18H25FO. The molecule has 2 rings (SSSR count). The zero-order chi connectivity index (χ0) is 14.2. The van der Waals surface area contributed by atoms with E-state index in [1.807, 2.05) is 12.1 Å². The lowest BCUT2D eigenvalue weighted by molar-refractivity contribution is 0.0375. The number of allylic oxidation sites excluding steroid dienone is 2. The molecule has 1 aromatic rings. The van der Waals surface area contributed by atoms with Crippen LogP contribution in [-0.2, 0) is 11.2 Å². The monoisotopic (exact) mass is 276 g/mol. The topological polar surface area (TPSA) is 9.23 Å². The fourth-order valence-electron chi connectivity index (χ4n) is 2.93. The van der Waals surface area contributed by atoms with Crippen molar-refractivity contribution in [1.29, 1.82) is 0 Å². The third-order valence-electron chi connectivity index (χ3n) is 4.07. The van der Waals surface area contributed by atoms with Gasteiger partial charge in [-0.15, -0.1) is 0 Å². The van der Waals surface area contributed by atoms with Crippen molar-refractivity contribution in [1.82, 2.24) is 0 Å². The predicted octanol–water partition coefficient (Wildman–Crippen LogP) is 4.77. The second-order valence-electron chi connectivity index (χ2n) is 5.69. The van der Waals surface area contributed by atoms with Crippen LogP contribution in [0.15, 0.2) is 36.4 Å². The minimum atomic E-state index is -0.166. The first kappa shape index (κ1) is 15.2. The summed E-state index contributed by atoms with van der Waals surface area (Å²) in [6.07, 6.45) is 10.4. The van der Waals surface area contributed by atoms with Crippen LogP contribution < -0.4 is 0 Å². The van der Waals surface area contributed by atoms with Crippen LogP contribution in [0.4, 0.5) is 4.39 Å². The van der Waals surface area contributed by atoms with Crippen molar-refractivity contribution in [3.63, 3.8) is 0 Å². The molecule has 0 aliphatic carbocycles. The molecule has 0 aromatic heterocycles. The van der Waals surface area contributed by atoms with Crippen LogP contribution in [0.3, 0.4) is 0 Å². The van der Waals surface area contributed by atoms with Crippen molar-refractivity contribution < 1.29 is 9.13 Å². The average Bonchev–Trinajstić information content (AvgIpc) is 2.49. The number of halogens is 1. The van der Waals surface area contributed by atoms with Crippen LogP contribution in [0.2, 0.25) is 0 Å². The van der Waals surface area contributed by atoms with E-state index >= 15 is 0 Å². The molecule has 0 saturated carbocycles. The van der Waals surface area contributed by atoms with Gasteiger partial charge in [0, 0.05) is 13.2 Å². The van der Waals surface area contributed by atoms with Gasteiger partial charge in [-0.25, -0.2) is 4.39 Å². The van der Waals surface area contributed by atoms with Crippen LogP contribution in [0.5, 0.6) is 0 Å². The molecule has 1 saturated heterocycles. The zero-order valence-electron chi connectivity index (χ0n) is 12.4. The van der Waals surface area contributed by atoms with Crippen molar-refractivity contribution >= 4 is 0 Å². The highest BCUT2D eigenvalue weighted by molar-refractivity contribution is 5.18. The summed E-state index contributed by atoms with van der Waals surface area (Å²) in [7, 11) is 0. The smallest absolute Gasteiger partial charge is 0.123 e. The maximum atomic E-state index is 12.8. The van der Waals surface area contributed by atoms with E-state index in [9.17, 15) is 4.39 Å². The molecule has 20 heavy (non-hydrogen) atoms. The van der Waals surface area contributed by atoms with Crippen molar-refractivity contribution in [2.24, 2.45) is 11.8 Å². The molecule has 1 aromatic carbocycles. The Kier molecular flexibility index (Phi) is 6.25. The van der Waals surface area contributed by atoms with Gasteiger partial charge in [-0.3, -0.25) is 0 Å². The average molecular weight is 276 g/mol. The van der Waals surface area contributed by atoms with Crippen molar-refractivity contribution in [2.45, 2.75) is 39.0 Å². The highest BCUT2D eigenvalue weighted by Gasteiger charge is 2.21. The van der Waals surface area contributed by atoms with E-state index < -0.39 is 0 Å². The normalized spacial score (nSPS) is 21.2. The second-order valence-corrected chi connectivity index (χ2v) is 5.69. The predicted molar refractivity (Wildman–Crippen MR) is 81.2 cm³/mol. The summed E-state index contributed by atoms with van der Waals surface area (Å²) in [5, 5.41) is 0. The Bertz CT molecular complexity index is 404. The van der Waals surface area contributed by atoms with Gasteiger partial charge < -0.3 is 4.74 Å². The molecule has 1 aliphatic heterocycles. The van der Waals surface area contributed by atoms with Gasteiger partial charge in [0.1, 0.15) is 5.82 Å². The standard InChI is InChI=1S/C18H25FO/c1-2-5-16(17-8-4-13-20-14-17)7-3-6-15-9-11-18(19)12-10-15/h3,7,9-12,16-17H,2,4-6,8,13-14H2,1H3. The van der Waals surface area contributed by atoms with Gasteiger partial charge >= 0.3 is 0 Å². The first-order chi connectivity index (χ1) is 9.79. The van der Waals surface area contributed by atoms with Crippen LogP contribution in [-0.4, -0.2) is 13.2 Å². The van der Waals surface area contributed by atoms with Gasteiger partial charge in [0.05, 0.1) is 0 Å². The number of hydrogen-bond donors (Lipinski definition) is 0. The summed E-state index contributed by atoms with van der Waals surface area (Å²) in [5.41, 5.74) is 1.16. The lowest BCUT2D eigenvalue weighted by Gasteiger charge is -2.28. The number of rotatable bonds is 6. The highest BCUT2D eigenvalue weighted by Crippen LogP contribution is 2.27. The summed E-state index contributed by atoms with van der Waals surface area (Å²) in [4.78, 5) is 0. The molecule has 0 radical (unpaired) electrons. The number of hydrogen-bond acceptors (Lipinski definition) is 1. The van der Waals surface area contributed by atoms with Crippen molar-refractivity contribution in [2.75, 3.05) is 13.2 Å². The minimum Gasteiger partial charge on any atom is -0.381 e. The zero-order valence-corrected chi connectivity index (χ0v) is 12.4. The van der Waals surface area contributed by atoms with E-state index in [2.05, 4.69) is 19.1 Å². The van der Waals surface area contributed by atoms with Crippen LogP contribution in [0, 0.1) is 17.7 Å². The van der Waals surface area contributed by atoms with E-state index in [-0.39, 0.29) is 5.82 Å². The fraction of sp³-hybridized carbons (Fsp3) is 0.556. The first-order valence-corrected chi connectivity index (χ1v) is 7.78. The highest BCUT2D eigenvalue weighted by atomic mass is 19.1. The molecule has 0 spiro atoms. The van der Waals surface area contributed by atoms with E-state index in [4.69, 9.17) is 4.74 Å². The van der Waals surface area contributed by atoms with Gasteiger partial charge in [-0.1, -0.05) is 37.6 Å². The summed E-state index contributed by atoms with van der Waals surface area (Å²) in [6.45, 7) is 4.07. The molecule has 2 heteroatoms. The maximum Gasteiger partial charge on any atom is 0.123 e. The van der Waals surface area contributed by atoms with Gasteiger partial charge in [0.2, 0.25) is 0 Å². The van der Waals surface area contributed by atoms with Crippen molar-refractivity contribution in [3.8, 4) is 0 Å². The quantitative estimate of drug-likeness (QED) is 0.680. The third kappa shape index (κ3) is 4.75. The van der Waals surface area contributed by atoms with Gasteiger partial charge in [0.25, 0.3) is 0 Å². The molecule has 1 fully saturated rings. The molecule has 2 atom stereocenters. The first-order valence-electron chi connectivity index (χ1n) is 7.78. The van der Waals surface area contributed by atoms with Gasteiger partial charge in [-0.05, 0) is 55.2 Å². The molecule has 0 amide bonds. The molecule has 0 N–H and O–H groups in total. The van der Waals surface area contributed by atoms with Crippen molar-refractivity contribution in [3.05, 3.63) is 47.8 Å². The molecule has 1 aliphatic rings. The Labute approximate surface area is 121 Å². The fourth-order valence-corrected chi connectivity index (χ4v) is 2.93. The Morgan fingerprint density at radius 3 is 2.80 bits per heavy atom. The molecule has 110 valence electrons. The Balaban J connectivity index is 1.89. The number of benzene rings is 1. The summed E-state index contributed by atoms with van der Waals surface area (Å²) in [6, 6.07) is 6.78. The molecule has 1 nitrogen and oxygen atoms in total. The summed E-state index contributed by atoms with van der Waals surface area (Å²) in [5.74, 6) is 1.13. The van der Waals surface area contributed by atoms with Gasteiger partial charge in [0.15, 0.2) is 0 Å². The molecular weight excluding hydrogens is 251 g/mol. The number of ether oxygens (including phenoxy) is 1. The Morgan fingerprint density at radius 2 is 2.15 bits per heavy atom. The maximum absolute atomic E-state index is 12.8. The Hall–Kier alpha value is -1.15. The SMILES string of the molecule is CCCC(C=CCc1ccc(F)cc1)C1CCCOC1. The summed E-state index contributed by atoms with van der Waals surface area (Å²) < 4.78 is 18.5. The second kappa shape index (κ2) is 8.21.